The minimum atomic E-state index is -0.165. The molecule has 1 aliphatic heterocycles. The fourth-order valence-corrected chi connectivity index (χ4v) is 3.53. The van der Waals surface area contributed by atoms with E-state index in [1.54, 1.807) is 46.2 Å². The number of ether oxygens (including phenoxy) is 2. The number of hydrogen-bond acceptors (Lipinski definition) is 4. The van der Waals surface area contributed by atoms with Crippen molar-refractivity contribution in [1.29, 1.82) is 0 Å². The first kappa shape index (κ1) is 20.3. The monoisotopic (exact) mass is 422 g/mol. The molecule has 8 heteroatoms. The molecule has 0 atom stereocenters. The zero-order valence-corrected chi connectivity index (χ0v) is 17.1. The van der Waals surface area contributed by atoms with Gasteiger partial charge in [0.05, 0.1) is 19.2 Å². The van der Waals surface area contributed by atoms with Crippen molar-refractivity contribution >= 4 is 35.0 Å². The number of nitrogens with zero attached hydrogens (tertiary/aromatic N) is 2. The third-order valence-corrected chi connectivity index (χ3v) is 5.16. The third-order valence-electron chi connectivity index (χ3n) is 4.63. The van der Waals surface area contributed by atoms with Gasteiger partial charge in [0.15, 0.2) is 11.5 Å². The predicted octanol–water partition coefficient (Wildman–Crippen LogP) is 3.61. The zero-order valence-electron chi connectivity index (χ0n) is 15.6. The van der Waals surface area contributed by atoms with Crippen LogP contribution in [0.15, 0.2) is 36.4 Å². The number of carbonyl (C=O) groups is 2. The maximum atomic E-state index is 12.9. The molecule has 2 aromatic carbocycles. The second kappa shape index (κ2) is 8.71. The molecule has 6 nitrogen and oxygen atoms in total. The highest BCUT2D eigenvalue weighted by Crippen LogP contribution is 2.36. The van der Waals surface area contributed by atoms with Crippen molar-refractivity contribution in [2.24, 2.45) is 0 Å². The van der Waals surface area contributed by atoms with E-state index in [1.165, 1.54) is 14.2 Å². The van der Waals surface area contributed by atoms with Gasteiger partial charge in [0.25, 0.3) is 11.8 Å². The minimum Gasteiger partial charge on any atom is -0.493 e. The quantitative estimate of drug-likeness (QED) is 0.754. The fraction of sp³-hybridized carbons (Fsp3) is 0.300. The second-order valence-electron chi connectivity index (χ2n) is 6.28. The molecule has 1 fully saturated rings. The number of benzene rings is 2. The molecule has 0 saturated carbocycles. The Labute approximate surface area is 173 Å². The van der Waals surface area contributed by atoms with Crippen molar-refractivity contribution in [2.75, 3.05) is 40.4 Å². The van der Waals surface area contributed by atoms with Crippen LogP contribution in [0.1, 0.15) is 20.7 Å². The van der Waals surface area contributed by atoms with E-state index in [9.17, 15) is 9.59 Å². The molecule has 1 saturated heterocycles. The molecule has 28 heavy (non-hydrogen) atoms. The lowest BCUT2D eigenvalue weighted by molar-refractivity contribution is 0.0535. The van der Waals surface area contributed by atoms with Crippen molar-refractivity contribution in [1.82, 2.24) is 9.80 Å². The molecule has 1 aliphatic rings. The minimum absolute atomic E-state index is 0.0714. The largest absolute Gasteiger partial charge is 0.493 e. The van der Waals surface area contributed by atoms with E-state index >= 15 is 0 Å². The van der Waals surface area contributed by atoms with Crippen LogP contribution in [0.2, 0.25) is 10.0 Å². The van der Waals surface area contributed by atoms with Gasteiger partial charge in [-0.25, -0.2) is 0 Å². The number of halogens is 2. The summed E-state index contributed by atoms with van der Waals surface area (Å²) in [7, 11) is 2.98. The summed E-state index contributed by atoms with van der Waals surface area (Å²) in [6.45, 7) is 1.77. The van der Waals surface area contributed by atoms with Crippen LogP contribution in [0.25, 0.3) is 0 Å². The summed E-state index contributed by atoms with van der Waals surface area (Å²) in [5, 5.41) is 0.891. The fourth-order valence-electron chi connectivity index (χ4n) is 3.11. The zero-order chi connectivity index (χ0) is 20.3. The first-order valence-corrected chi connectivity index (χ1v) is 9.46. The molecule has 148 valence electrons. The molecule has 0 spiro atoms. The number of amides is 2. The normalized spacial score (nSPS) is 14.0. The Kier molecular flexibility index (Phi) is 6.31. The number of methoxy groups -OCH3 is 2. The van der Waals surface area contributed by atoms with Crippen LogP contribution in [-0.2, 0) is 0 Å². The van der Waals surface area contributed by atoms with Crippen LogP contribution >= 0.6 is 23.2 Å². The smallest absolute Gasteiger partial charge is 0.254 e. The Hall–Kier alpha value is -2.44. The first-order chi connectivity index (χ1) is 13.4. The van der Waals surface area contributed by atoms with Crippen LogP contribution in [0.3, 0.4) is 0 Å². The van der Waals surface area contributed by atoms with Gasteiger partial charge in [-0.3, -0.25) is 9.59 Å². The molecule has 2 amide bonds. The van der Waals surface area contributed by atoms with Crippen molar-refractivity contribution in [2.45, 2.75) is 0 Å². The summed E-state index contributed by atoms with van der Waals surface area (Å²) in [5.41, 5.74) is 0.996. The average Bonchev–Trinajstić information content (AvgIpc) is 2.72. The van der Waals surface area contributed by atoms with Crippen LogP contribution in [0.5, 0.6) is 11.5 Å². The van der Waals surface area contributed by atoms with Crippen LogP contribution < -0.4 is 9.47 Å². The SMILES string of the molecule is COc1cc(C(=O)N2CCN(C(=O)c3ccc(Cl)cc3)CC2)cc(Cl)c1OC. The van der Waals surface area contributed by atoms with E-state index in [4.69, 9.17) is 32.7 Å². The highest BCUT2D eigenvalue weighted by atomic mass is 35.5. The van der Waals surface area contributed by atoms with Crippen molar-refractivity contribution < 1.29 is 19.1 Å². The standard InChI is InChI=1S/C20H20Cl2N2O4/c1-27-17-12-14(11-16(22)18(17)28-2)20(26)24-9-7-23(8-10-24)19(25)13-3-5-15(21)6-4-13/h3-6,11-12H,7-10H2,1-2H3. The van der Waals surface area contributed by atoms with Gasteiger partial charge in [-0.1, -0.05) is 23.2 Å². The topological polar surface area (TPSA) is 59.1 Å². The molecule has 0 radical (unpaired) electrons. The predicted molar refractivity (Wildman–Crippen MR) is 108 cm³/mol. The van der Waals surface area contributed by atoms with Crippen molar-refractivity contribution in [3.05, 3.63) is 57.6 Å². The summed E-state index contributed by atoms with van der Waals surface area (Å²) in [5.74, 6) is 0.549. The van der Waals surface area contributed by atoms with Crippen LogP contribution in [0, 0.1) is 0 Å². The highest BCUT2D eigenvalue weighted by Gasteiger charge is 2.26. The van der Waals surface area contributed by atoms with Gasteiger partial charge in [0, 0.05) is 42.3 Å². The van der Waals surface area contributed by atoms with E-state index in [2.05, 4.69) is 0 Å². The maximum absolute atomic E-state index is 12.9. The Balaban J connectivity index is 1.68. The molecule has 1 heterocycles. The first-order valence-electron chi connectivity index (χ1n) is 8.70. The van der Waals surface area contributed by atoms with Crippen LogP contribution in [-0.4, -0.2) is 62.0 Å². The Morgan fingerprint density at radius 3 is 1.86 bits per heavy atom. The Morgan fingerprint density at radius 2 is 1.36 bits per heavy atom. The van der Waals surface area contributed by atoms with Gasteiger partial charge in [-0.05, 0) is 36.4 Å². The lowest BCUT2D eigenvalue weighted by Crippen LogP contribution is -2.50. The molecule has 0 unspecified atom stereocenters. The number of rotatable bonds is 4. The molecule has 0 N–H and O–H groups in total. The van der Waals surface area contributed by atoms with Gasteiger partial charge in [-0.2, -0.15) is 0 Å². The Morgan fingerprint density at radius 1 is 0.821 bits per heavy atom. The third kappa shape index (κ3) is 4.18. The van der Waals surface area contributed by atoms with E-state index in [-0.39, 0.29) is 11.8 Å². The van der Waals surface area contributed by atoms with Gasteiger partial charge < -0.3 is 19.3 Å². The van der Waals surface area contributed by atoms with Gasteiger partial charge >= 0.3 is 0 Å². The number of hydrogen-bond donors (Lipinski definition) is 0. The Bertz CT molecular complexity index is 879. The second-order valence-corrected chi connectivity index (χ2v) is 7.13. The van der Waals surface area contributed by atoms with E-state index in [1.807, 2.05) is 0 Å². The highest BCUT2D eigenvalue weighted by molar-refractivity contribution is 6.32. The van der Waals surface area contributed by atoms with Crippen molar-refractivity contribution in [3.63, 3.8) is 0 Å². The summed E-state index contributed by atoms with van der Waals surface area (Å²) in [6, 6.07) is 9.96. The average molecular weight is 423 g/mol. The number of carbonyl (C=O) groups excluding carboxylic acids is 2. The molecule has 0 aliphatic carbocycles. The van der Waals surface area contributed by atoms with E-state index in [0.29, 0.717) is 58.9 Å². The summed E-state index contributed by atoms with van der Waals surface area (Å²) < 4.78 is 10.5. The lowest BCUT2D eigenvalue weighted by atomic mass is 10.1. The van der Waals surface area contributed by atoms with Gasteiger partial charge in [0.1, 0.15) is 0 Å². The maximum Gasteiger partial charge on any atom is 0.254 e. The molecule has 0 bridgehead atoms. The lowest BCUT2D eigenvalue weighted by Gasteiger charge is -2.35. The molecular formula is C20H20Cl2N2O4. The molecule has 0 aromatic heterocycles. The molecular weight excluding hydrogens is 403 g/mol. The van der Waals surface area contributed by atoms with E-state index < -0.39 is 0 Å². The van der Waals surface area contributed by atoms with Gasteiger partial charge in [0.2, 0.25) is 0 Å². The molecule has 2 aromatic rings. The van der Waals surface area contributed by atoms with Crippen LogP contribution in [0.4, 0.5) is 0 Å². The summed E-state index contributed by atoms with van der Waals surface area (Å²) in [4.78, 5) is 28.9. The van der Waals surface area contributed by atoms with E-state index in [0.717, 1.165) is 0 Å². The van der Waals surface area contributed by atoms with Crippen molar-refractivity contribution in [3.8, 4) is 11.5 Å². The van der Waals surface area contributed by atoms with Gasteiger partial charge in [-0.15, -0.1) is 0 Å². The summed E-state index contributed by atoms with van der Waals surface area (Å²) in [6.07, 6.45) is 0. The number of piperazine rings is 1. The molecule has 3 rings (SSSR count). The summed E-state index contributed by atoms with van der Waals surface area (Å²) >= 11 is 12.1.